The molecule has 0 saturated carbocycles. The standard InChI is InChI=1S/C17H16N4O4S/c18-26(23,24)14-8-6-13(7-9-14)21-17(22)20-11-16-19-10-15(25-16)12-4-2-1-3-5-12/h1-10H,11H2,(H2,18,23,24)(H2,20,21,22). The number of carbonyl (C=O) groups excluding carboxylic acids is 1. The Kier molecular flexibility index (Phi) is 5.01. The van der Waals surface area contributed by atoms with Crippen molar-refractivity contribution in [1.82, 2.24) is 10.3 Å². The van der Waals surface area contributed by atoms with Crippen molar-refractivity contribution < 1.29 is 17.6 Å². The second kappa shape index (κ2) is 7.38. The number of carbonyl (C=O) groups is 1. The van der Waals surface area contributed by atoms with Gasteiger partial charge in [0.05, 0.1) is 17.6 Å². The number of hydrogen-bond donors (Lipinski definition) is 3. The van der Waals surface area contributed by atoms with Crippen LogP contribution in [0.4, 0.5) is 10.5 Å². The Labute approximate surface area is 150 Å². The summed E-state index contributed by atoms with van der Waals surface area (Å²) in [6.07, 6.45) is 1.59. The molecule has 1 heterocycles. The largest absolute Gasteiger partial charge is 0.439 e. The van der Waals surface area contributed by atoms with Gasteiger partial charge in [-0.15, -0.1) is 0 Å². The molecular formula is C17H16N4O4S. The van der Waals surface area contributed by atoms with E-state index < -0.39 is 16.1 Å². The fraction of sp³-hybridized carbons (Fsp3) is 0.0588. The minimum absolute atomic E-state index is 0.0308. The molecule has 0 unspecified atom stereocenters. The predicted octanol–water partition coefficient (Wildman–Crippen LogP) is 2.31. The number of anilines is 1. The zero-order valence-electron chi connectivity index (χ0n) is 13.5. The van der Waals surface area contributed by atoms with Crippen molar-refractivity contribution in [3.05, 3.63) is 66.7 Å². The Morgan fingerprint density at radius 1 is 1.08 bits per heavy atom. The second-order valence-corrected chi connectivity index (χ2v) is 6.92. The van der Waals surface area contributed by atoms with E-state index in [1.807, 2.05) is 30.3 Å². The van der Waals surface area contributed by atoms with Gasteiger partial charge in [0, 0.05) is 11.3 Å². The van der Waals surface area contributed by atoms with Gasteiger partial charge >= 0.3 is 6.03 Å². The molecule has 2 aromatic carbocycles. The van der Waals surface area contributed by atoms with E-state index in [2.05, 4.69) is 15.6 Å². The average Bonchev–Trinajstić information content (AvgIpc) is 3.09. The molecule has 0 aliphatic heterocycles. The number of benzene rings is 2. The van der Waals surface area contributed by atoms with Crippen LogP contribution in [0.2, 0.25) is 0 Å². The van der Waals surface area contributed by atoms with Crippen molar-refractivity contribution in [1.29, 1.82) is 0 Å². The summed E-state index contributed by atoms with van der Waals surface area (Å²) in [5.41, 5.74) is 1.32. The Bertz CT molecular complexity index is 999. The lowest BCUT2D eigenvalue weighted by Gasteiger charge is -2.06. The summed E-state index contributed by atoms with van der Waals surface area (Å²) >= 11 is 0. The van der Waals surface area contributed by atoms with Crippen molar-refractivity contribution in [2.24, 2.45) is 5.14 Å². The predicted molar refractivity (Wildman–Crippen MR) is 95.6 cm³/mol. The van der Waals surface area contributed by atoms with Crippen LogP contribution in [-0.4, -0.2) is 19.4 Å². The Morgan fingerprint density at radius 3 is 2.42 bits per heavy atom. The first-order valence-corrected chi connectivity index (χ1v) is 9.14. The number of hydrogen-bond acceptors (Lipinski definition) is 5. The average molecular weight is 372 g/mol. The number of oxazole rings is 1. The van der Waals surface area contributed by atoms with Gasteiger partial charge in [-0.2, -0.15) is 0 Å². The number of nitrogens with one attached hydrogen (secondary N) is 2. The van der Waals surface area contributed by atoms with E-state index in [9.17, 15) is 13.2 Å². The van der Waals surface area contributed by atoms with Gasteiger partial charge in [0.25, 0.3) is 0 Å². The third-order valence-electron chi connectivity index (χ3n) is 3.45. The second-order valence-electron chi connectivity index (χ2n) is 5.36. The molecule has 9 heteroatoms. The van der Waals surface area contributed by atoms with Gasteiger partial charge in [0.1, 0.15) is 0 Å². The molecule has 0 bridgehead atoms. The molecule has 3 rings (SSSR count). The van der Waals surface area contributed by atoms with Crippen molar-refractivity contribution in [2.75, 3.05) is 5.32 Å². The number of urea groups is 1. The molecule has 3 aromatic rings. The van der Waals surface area contributed by atoms with Crippen LogP contribution in [0.25, 0.3) is 11.3 Å². The van der Waals surface area contributed by atoms with Crippen LogP contribution in [0.15, 0.2) is 70.1 Å². The summed E-state index contributed by atoms with van der Waals surface area (Å²) in [4.78, 5) is 16.0. The third kappa shape index (κ3) is 4.47. The molecule has 0 radical (unpaired) electrons. The first kappa shape index (κ1) is 17.6. The molecule has 0 saturated heterocycles. The summed E-state index contributed by atoms with van der Waals surface area (Å²) in [5, 5.41) is 10.2. The van der Waals surface area contributed by atoms with Crippen LogP contribution in [-0.2, 0) is 16.6 Å². The Hall–Kier alpha value is -3.17. The van der Waals surface area contributed by atoms with Gasteiger partial charge in [0.15, 0.2) is 5.76 Å². The zero-order chi connectivity index (χ0) is 18.6. The van der Waals surface area contributed by atoms with Gasteiger partial charge in [-0.05, 0) is 24.3 Å². The third-order valence-corrected chi connectivity index (χ3v) is 4.38. The number of aromatic nitrogens is 1. The smallest absolute Gasteiger partial charge is 0.319 e. The molecule has 134 valence electrons. The van der Waals surface area contributed by atoms with E-state index in [1.54, 1.807) is 6.20 Å². The summed E-state index contributed by atoms with van der Waals surface area (Å²) < 4.78 is 28.0. The van der Waals surface area contributed by atoms with Gasteiger partial charge in [-0.25, -0.2) is 23.3 Å². The fourth-order valence-electron chi connectivity index (χ4n) is 2.19. The topological polar surface area (TPSA) is 127 Å². The lowest BCUT2D eigenvalue weighted by atomic mass is 10.2. The summed E-state index contributed by atoms with van der Waals surface area (Å²) in [6.45, 7) is 0.105. The molecule has 0 atom stereocenters. The molecule has 0 fully saturated rings. The highest BCUT2D eigenvalue weighted by Gasteiger charge is 2.10. The highest BCUT2D eigenvalue weighted by Crippen LogP contribution is 2.19. The van der Waals surface area contributed by atoms with Crippen LogP contribution in [0.5, 0.6) is 0 Å². The van der Waals surface area contributed by atoms with Crippen LogP contribution < -0.4 is 15.8 Å². The molecule has 2 amide bonds. The minimum Gasteiger partial charge on any atom is -0.439 e. The molecule has 4 N–H and O–H groups in total. The Balaban J connectivity index is 1.55. The Morgan fingerprint density at radius 2 is 1.77 bits per heavy atom. The zero-order valence-corrected chi connectivity index (χ0v) is 14.4. The van der Waals surface area contributed by atoms with Crippen molar-refractivity contribution in [3.63, 3.8) is 0 Å². The number of primary sulfonamides is 1. The first-order valence-electron chi connectivity index (χ1n) is 7.60. The van der Waals surface area contributed by atoms with Gasteiger partial charge in [-0.3, -0.25) is 0 Å². The number of amides is 2. The number of nitrogens with two attached hydrogens (primary N) is 1. The normalized spacial score (nSPS) is 11.1. The van der Waals surface area contributed by atoms with Gasteiger partial charge < -0.3 is 15.1 Å². The highest BCUT2D eigenvalue weighted by molar-refractivity contribution is 7.89. The SMILES string of the molecule is NS(=O)(=O)c1ccc(NC(=O)NCc2ncc(-c3ccccc3)o2)cc1. The van der Waals surface area contributed by atoms with E-state index in [0.29, 0.717) is 17.3 Å². The summed E-state index contributed by atoms with van der Waals surface area (Å²) in [5.74, 6) is 0.977. The van der Waals surface area contributed by atoms with Crippen molar-refractivity contribution in [3.8, 4) is 11.3 Å². The molecule has 26 heavy (non-hydrogen) atoms. The van der Waals surface area contributed by atoms with E-state index in [4.69, 9.17) is 9.56 Å². The molecule has 0 aliphatic carbocycles. The lowest BCUT2D eigenvalue weighted by molar-refractivity contribution is 0.250. The minimum atomic E-state index is -3.76. The van der Waals surface area contributed by atoms with Gasteiger partial charge in [-0.1, -0.05) is 30.3 Å². The van der Waals surface area contributed by atoms with Crippen LogP contribution in [0, 0.1) is 0 Å². The molecular weight excluding hydrogens is 356 g/mol. The van der Waals surface area contributed by atoms with Crippen LogP contribution >= 0.6 is 0 Å². The first-order chi connectivity index (χ1) is 12.4. The van der Waals surface area contributed by atoms with E-state index in [0.717, 1.165) is 5.56 Å². The van der Waals surface area contributed by atoms with Crippen molar-refractivity contribution >= 4 is 21.7 Å². The van der Waals surface area contributed by atoms with E-state index in [1.165, 1.54) is 24.3 Å². The molecule has 0 aliphatic rings. The van der Waals surface area contributed by atoms with Crippen molar-refractivity contribution in [2.45, 2.75) is 11.4 Å². The van der Waals surface area contributed by atoms with Crippen LogP contribution in [0.3, 0.4) is 0 Å². The maximum Gasteiger partial charge on any atom is 0.319 e. The number of sulfonamides is 1. The monoisotopic (exact) mass is 372 g/mol. The molecule has 1 aromatic heterocycles. The quantitative estimate of drug-likeness (QED) is 0.633. The van der Waals surface area contributed by atoms with Gasteiger partial charge in [0.2, 0.25) is 15.9 Å². The van der Waals surface area contributed by atoms with E-state index >= 15 is 0 Å². The number of nitrogens with zero attached hydrogens (tertiary/aromatic N) is 1. The van der Waals surface area contributed by atoms with Crippen LogP contribution in [0.1, 0.15) is 5.89 Å². The lowest BCUT2D eigenvalue weighted by Crippen LogP contribution is -2.28. The maximum atomic E-state index is 11.9. The summed E-state index contributed by atoms with van der Waals surface area (Å²) in [6, 6.07) is 14.5. The van der Waals surface area contributed by atoms with E-state index in [-0.39, 0.29) is 11.4 Å². The molecule has 8 nitrogen and oxygen atoms in total. The molecule has 0 spiro atoms. The number of rotatable bonds is 5. The summed E-state index contributed by atoms with van der Waals surface area (Å²) in [7, 11) is -3.76. The highest BCUT2D eigenvalue weighted by atomic mass is 32.2. The fourth-order valence-corrected chi connectivity index (χ4v) is 2.70. The maximum absolute atomic E-state index is 11.9.